The zero-order valence-electron chi connectivity index (χ0n) is 27.0. The molecule has 4 heterocycles. The van der Waals surface area contributed by atoms with Gasteiger partial charge >= 0.3 is 6.09 Å². The predicted octanol–water partition coefficient (Wildman–Crippen LogP) is 6.06. The van der Waals surface area contributed by atoms with Crippen LogP contribution in [0.1, 0.15) is 33.6 Å². The van der Waals surface area contributed by atoms with Gasteiger partial charge in [-0.1, -0.05) is 25.7 Å². The Hall–Kier alpha value is -3.97. The number of nitrogens with one attached hydrogen (secondary N) is 1. The SMILES string of the molecule is CN(C(=O)OC(C)(C)C)C1CC(Oc2nc(Nc3cnn(C)c3)nc3c2c(-c2ccccn2)cn3COCC[Si](C)(C)C)C1. The molecule has 4 aromatic heterocycles. The maximum Gasteiger partial charge on any atom is 0.410 e. The van der Waals surface area contributed by atoms with Crippen molar-refractivity contribution in [3.05, 3.63) is 43.0 Å². The number of nitrogens with zero attached hydrogens (tertiary/aromatic N) is 7. The van der Waals surface area contributed by atoms with Gasteiger partial charge < -0.3 is 29.0 Å². The van der Waals surface area contributed by atoms with Crippen LogP contribution in [0.3, 0.4) is 0 Å². The largest absolute Gasteiger partial charge is 0.474 e. The molecule has 1 saturated carbocycles. The summed E-state index contributed by atoms with van der Waals surface area (Å²) in [5, 5.41) is 8.29. The van der Waals surface area contributed by atoms with Crippen LogP contribution in [-0.2, 0) is 23.3 Å². The van der Waals surface area contributed by atoms with Gasteiger partial charge in [0, 0.05) is 71.8 Å². The smallest absolute Gasteiger partial charge is 0.410 e. The summed E-state index contributed by atoms with van der Waals surface area (Å²) in [5.41, 5.74) is 2.53. The van der Waals surface area contributed by atoms with Crippen LogP contribution in [0.2, 0.25) is 25.7 Å². The summed E-state index contributed by atoms with van der Waals surface area (Å²) in [7, 11) is 2.38. The molecule has 236 valence electrons. The summed E-state index contributed by atoms with van der Waals surface area (Å²) in [4.78, 5) is 28.7. The van der Waals surface area contributed by atoms with Crippen LogP contribution in [0.25, 0.3) is 22.3 Å². The van der Waals surface area contributed by atoms with E-state index in [1.54, 1.807) is 29.0 Å². The lowest BCUT2D eigenvalue weighted by molar-refractivity contribution is -0.00927. The molecule has 0 spiro atoms. The summed E-state index contributed by atoms with van der Waals surface area (Å²) in [6, 6.07) is 6.89. The van der Waals surface area contributed by atoms with E-state index < -0.39 is 13.7 Å². The average Bonchev–Trinajstić information content (AvgIpc) is 3.50. The molecule has 1 N–H and O–H groups in total. The first-order valence-electron chi connectivity index (χ1n) is 15.0. The third-order valence-electron chi connectivity index (χ3n) is 7.39. The van der Waals surface area contributed by atoms with Crippen LogP contribution in [0, 0.1) is 0 Å². The molecule has 12 nitrogen and oxygen atoms in total. The molecule has 0 bridgehead atoms. The van der Waals surface area contributed by atoms with Crippen molar-refractivity contribution in [3.8, 4) is 17.1 Å². The Morgan fingerprint density at radius 2 is 1.93 bits per heavy atom. The molecule has 13 heteroatoms. The normalized spacial score (nSPS) is 16.9. The zero-order chi connectivity index (χ0) is 31.6. The minimum absolute atomic E-state index is 0.0137. The van der Waals surface area contributed by atoms with Crippen molar-refractivity contribution in [2.24, 2.45) is 7.05 Å². The first-order chi connectivity index (χ1) is 20.8. The van der Waals surface area contributed by atoms with Crippen molar-refractivity contribution in [1.29, 1.82) is 0 Å². The molecule has 1 fully saturated rings. The molecular formula is C31H44N8O4Si. The van der Waals surface area contributed by atoms with Crippen LogP contribution < -0.4 is 10.1 Å². The summed E-state index contributed by atoms with van der Waals surface area (Å²) >= 11 is 0. The number of hydrogen-bond donors (Lipinski definition) is 1. The van der Waals surface area contributed by atoms with Crippen LogP contribution >= 0.6 is 0 Å². The Labute approximate surface area is 259 Å². The molecular weight excluding hydrogens is 576 g/mol. The van der Waals surface area contributed by atoms with Crippen LogP contribution in [0.4, 0.5) is 16.4 Å². The van der Waals surface area contributed by atoms with Gasteiger partial charge in [0.1, 0.15) is 18.4 Å². The molecule has 1 amide bonds. The second kappa shape index (κ2) is 12.6. The van der Waals surface area contributed by atoms with Crippen molar-refractivity contribution in [2.45, 2.75) is 83.8 Å². The molecule has 0 atom stereocenters. The van der Waals surface area contributed by atoms with Crippen LogP contribution in [0.15, 0.2) is 43.0 Å². The second-order valence-electron chi connectivity index (χ2n) is 13.6. The lowest BCUT2D eigenvalue weighted by Crippen LogP contribution is -2.51. The second-order valence-corrected chi connectivity index (χ2v) is 19.2. The van der Waals surface area contributed by atoms with Crippen molar-refractivity contribution < 1.29 is 19.0 Å². The summed E-state index contributed by atoms with van der Waals surface area (Å²) < 4.78 is 22.0. The van der Waals surface area contributed by atoms with Gasteiger partial charge in [-0.15, -0.1) is 0 Å². The Morgan fingerprint density at radius 1 is 1.16 bits per heavy atom. The third kappa shape index (κ3) is 7.75. The number of rotatable bonds is 11. The monoisotopic (exact) mass is 620 g/mol. The number of aryl methyl sites for hydroxylation is 1. The van der Waals surface area contributed by atoms with Crippen molar-refractivity contribution >= 4 is 36.8 Å². The molecule has 0 unspecified atom stereocenters. The summed E-state index contributed by atoms with van der Waals surface area (Å²) in [6.07, 6.45) is 8.20. The van der Waals surface area contributed by atoms with E-state index >= 15 is 0 Å². The number of pyridine rings is 1. The molecule has 5 rings (SSSR count). The molecule has 0 aliphatic heterocycles. The fourth-order valence-electron chi connectivity index (χ4n) is 4.86. The summed E-state index contributed by atoms with van der Waals surface area (Å²) in [6.45, 7) is 13.6. The van der Waals surface area contributed by atoms with Gasteiger partial charge in [-0.05, 0) is 38.9 Å². The van der Waals surface area contributed by atoms with E-state index in [0.29, 0.717) is 43.7 Å². The van der Waals surface area contributed by atoms with Crippen LogP contribution in [-0.4, -0.2) is 79.8 Å². The van der Waals surface area contributed by atoms with Gasteiger partial charge in [0.15, 0.2) is 5.65 Å². The molecule has 0 saturated heterocycles. The number of anilines is 2. The summed E-state index contributed by atoms with van der Waals surface area (Å²) in [5.74, 6) is 0.836. The van der Waals surface area contributed by atoms with E-state index in [2.05, 4.69) is 35.0 Å². The lowest BCUT2D eigenvalue weighted by Gasteiger charge is -2.40. The number of carbonyl (C=O) groups excluding carboxylic acids is 1. The fourth-order valence-corrected chi connectivity index (χ4v) is 5.61. The van der Waals surface area contributed by atoms with Gasteiger partial charge in [-0.25, -0.2) is 4.79 Å². The minimum atomic E-state index is -1.25. The van der Waals surface area contributed by atoms with E-state index in [4.69, 9.17) is 24.2 Å². The van der Waals surface area contributed by atoms with E-state index in [-0.39, 0.29) is 18.2 Å². The van der Waals surface area contributed by atoms with E-state index in [1.807, 2.05) is 63.0 Å². The molecule has 44 heavy (non-hydrogen) atoms. The first-order valence-corrected chi connectivity index (χ1v) is 18.7. The topological polar surface area (TPSA) is 121 Å². The lowest BCUT2D eigenvalue weighted by atomic mass is 9.88. The van der Waals surface area contributed by atoms with Gasteiger partial charge in [0.2, 0.25) is 11.8 Å². The Kier molecular flexibility index (Phi) is 8.98. The standard InChI is InChI=1S/C31H44N8O4Si/c1-31(2,3)43-30(40)38(5)22-15-23(16-22)42-28-26-24(25-11-9-10-12-32-25)19-39(20-41-13-14-44(6,7)8)27(26)35-29(36-28)34-21-17-33-37(4)18-21/h9-12,17-19,22-23H,13-16,20H2,1-8H3,(H,34,35,36). The number of ether oxygens (including phenoxy) is 3. The molecule has 4 aromatic rings. The van der Waals surface area contributed by atoms with Gasteiger partial charge in [-0.3, -0.25) is 9.67 Å². The van der Waals surface area contributed by atoms with Crippen molar-refractivity contribution in [2.75, 3.05) is 19.0 Å². The number of carbonyl (C=O) groups is 1. The highest BCUT2D eigenvalue weighted by atomic mass is 28.3. The number of amides is 1. The number of aromatic nitrogens is 6. The third-order valence-corrected chi connectivity index (χ3v) is 9.09. The average molecular weight is 621 g/mol. The predicted molar refractivity (Wildman–Crippen MR) is 173 cm³/mol. The Morgan fingerprint density at radius 3 is 2.57 bits per heavy atom. The highest BCUT2D eigenvalue weighted by Gasteiger charge is 2.38. The maximum atomic E-state index is 12.6. The van der Waals surface area contributed by atoms with E-state index in [0.717, 1.165) is 28.4 Å². The quantitative estimate of drug-likeness (QED) is 0.158. The maximum absolute atomic E-state index is 12.6. The van der Waals surface area contributed by atoms with Crippen LogP contribution in [0.5, 0.6) is 5.88 Å². The number of fused-ring (bicyclic) bond motifs is 1. The Bertz CT molecular complexity index is 1590. The van der Waals surface area contributed by atoms with Crippen molar-refractivity contribution in [1.82, 2.24) is 34.2 Å². The van der Waals surface area contributed by atoms with E-state index in [9.17, 15) is 4.79 Å². The van der Waals surface area contributed by atoms with Gasteiger partial charge in [-0.2, -0.15) is 15.1 Å². The highest BCUT2D eigenvalue weighted by molar-refractivity contribution is 6.76. The molecule has 0 aromatic carbocycles. The van der Waals surface area contributed by atoms with Crippen molar-refractivity contribution in [3.63, 3.8) is 0 Å². The zero-order valence-corrected chi connectivity index (χ0v) is 28.0. The molecule has 0 radical (unpaired) electrons. The van der Waals surface area contributed by atoms with Gasteiger partial charge in [0.25, 0.3) is 0 Å². The Balaban J connectivity index is 1.47. The van der Waals surface area contributed by atoms with Gasteiger partial charge in [0.05, 0.1) is 23.0 Å². The molecule has 1 aliphatic rings. The first kappa shape index (κ1) is 31.5. The fraction of sp³-hybridized carbons (Fsp3) is 0.516. The van der Waals surface area contributed by atoms with E-state index in [1.165, 1.54) is 0 Å². The molecule has 1 aliphatic carbocycles. The minimum Gasteiger partial charge on any atom is -0.474 e. The highest BCUT2D eigenvalue weighted by Crippen LogP contribution is 2.38. The number of hydrogen-bond acceptors (Lipinski definition) is 9.